The molecule has 0 saturated heterocycles. The Bertz CT molecular complexity index is 1850. The van der Waals surface area contributed by atoms with Gasteiger partial charge < -0.3 is 0 Å². The standard InChI is InChI=1S/C43H48Si/c1-12-15-36-35-17-14-19-38(43-31(10)27(6)24(3)28(7)32(43)11)40(35)22-41(36)44-34-20-33-16-13-18-37(39(33)21-34)42-29(8)25(4)23(2)26(5)30(42)9/h13-14,16-19,21-22,36H,12,15,20H2,1-11H3. The molecule has 0 nitrogen and oxygen atoms in total. The molecule has 4 aromatic rings. The van der Waals surface area contributed by atoms with Gasteiger partial charge >= 0.3 is 0 Å². The number of allylic oxidation sites excluding steroid dienone is 2. The molecule has 1 heteroatoms. The van der Waals surface area contributed by atoms with E-state index in [-0.39, 0.29) is 0 Å². The van der Waals surface area contributed by atoms with Crippen LogP contribution in [-0.2, 0) is 6.42 Å². The zero-order valence-corrected chi connectivity index (χ0v) is 29.8. The Morgan fingerprint density at radius 3 is 1.57 bits per heavy atom. The van der Waals surface area contributed by atoms with E-state index in [2.05, 4.69) is 125 Å². The normalized spacial score (nSPS) is 15.4. The molecule has 1 atom stereocenters. The van der Waals surface area contributed by atoms with Crippen molar-refractivity contribution in [3.63, 3.8) is 0 Å². The van der Waals surface area contributed by atoms with Gasteiger partial charge in [-0.05, 0) is 182 Å². The van der Waals surface area contributed by atoms with Crippen LogP contribution in [0.15, 0.2) is 46.8 Å². The lowest BCUT2D eigenvalue weighted by Gasteiger charge is -2.21. The van der Waals surface area contributed by atoms with Crippen molar-refractivity contribution in [2.75, 3.05) is 0 Å². The van der Waals surface area contributed by atoms with E-state index in [4.69, 9.17) is 0 Å². The molecular weight excluding hydrogens is 545 g/mol. The van der Waals surface area contributed by atoms with Gasteiger partial charge in [0.15, 0.2) is 0 Å². The summed E-state index contributed by atoms with van der Waals surface area (Å²) in [5.41, 5.74) is 26.0. The van der Waals surface area contributed by atoms with Crippen molar-refractivity contribution >= 4 is 21.7 Å². The molecule has 224 valence electrons. The summed E-state index contributed by atoms with van der Waals surface area (Å²) < 4.78 is 0. The smallest absolute Gasteiger partial charge is 0.0748 e. The summed E-state index contributed by atoms with van der Waals surface area (Å²) in [4.78, 5) is 0. The van der Waals surface area contributed by atoms with Crippen LogP contribution in [0.4, 0.5) is 0 Å². The largest absolute Gasteiger partial charge is 0.111 e. The van der Waals surface area contributed by atoms with Gasteiger partial charge in [-0.1, -0.05) is 72.3 Å². The summed E-state index contributed by atoms with van der Waals surface area (Å²) in [7, 11) is 0.728. The molecule has 0 amide bonds. The van der Waals surface area contributed by atoms with E-state index >= 15 is 0 Å². The van der Waals surface area contributed by atoms with Gasteiger partial charge in [0.25, 0.3) is 0 Å². The van der Waals surface area contributed by atoms with E-state index in [1.54, 1.807) is 10.4 Å². The summed E-state index contributed by atoms with van der Waals surface area (Å²) in [6.45, 7) is 25.4. The fraction of sp³-hybridized carbons (Fsp3) is 0.349. The van der Waals surface area contributed by atoms with E-state index in [9.17, 15) is 0 Å². The third-order valence-corrected chi connectivity index (χ3v) is 12.9. The monoisotopic (exact) mass is 592 g/mol. The average molecular weight is 593 g/mol. The zero-order valence-electron chi connectivity index (χ0n) is 28.8. The number of benzene rings is 4. The lowest BCUT2D eigenvalue weighted by atomic mass is 9.83. The van der Waals surface area contributed by atoms with Crippen LogP contribution in [0.25, 0.3) is 34.4 Å². The Hall–Kier alpha value is -3.42. The highest BCUT2D eigenvalue weighted by Gasteiger charge is 2.30. The molecule has 0 heterocycles. The van der Waals surface area contributed by atoms with E-state index in [1.807, 2.05) is 0 Å². The SMILES string of the molecule is CCCC1C([Si]C2=Cc3c(cccc3-c3c(C)c(C)c(C)c(C)c3C)C2)=Cc2c(-c3c(C)c(C)c(C)c(C)c3C)cccc21. The molecule has 0 saturated carbocycles. The molecule has 0 aliphatic heterocycles. The van der Waals surface area contributed by atoms with Gasteiger partial charge in [-0.25, -0.2) is 0 Å². The van der Waals surface area contributed by atoms with Gasteiger partial charge in [-0.15, -0.1) is 0 Å². The van der Waals surface area contributed by atoms with Crippen molar-refractivity contribution < 1.29 is 0 Å². The molecular formula is C43H48Si. The first-order valence-corrected chi connectivity index (χ1v) is 17.5. The van der Waals surface area contributed by atoms with Crippen LogP contribution in [0.5, 0.6) is 0 Å². The van der Waals surface area contributed by atoms with Crippen LogP contribution in [0.1, 0.15) is 104 Å². The maximum Gasteiger partial charge on any atom is 0.111 e. The predicted octanol–water partition coefficient (Wildman–Crippen LogP) is 11.6. The second-order valence-corrected chi connectivity index (χ2v) is 15.1. The van der Waals surface area contributed by atoms with Gasteiger partial charge in [0.2, 0.25) is 0 Å². The molecule has 4 aromatic carbocycles. The number of hydrogen-bond acceptors (Lipinski definition) is 0. The lowest BCUT2D eigenvalue weighted by Crippen LogP contribution is -2.08. The maximum atomic E-state index is 2.60. The second-order valence-electron chi connectivity index (χ2n) is 13.6. The van der Waals surface area contributed by atoms with E-state index < -0.39 is 0 Å². The van der Waals surface area contributed by atoms with Crippen LogP contribution < -0.4 is 0 Å². The van der Waals surface area contributed by atoms with Gasteiger partial charge in [-0.3, -0.25) is 0 Å². The van der Waals surface area contributed by atoms with Gasteiger partial charge in [0.05, 0.1) is 0 Å². The highest BCUT2D eigenvalue weighted by atomic mass is 28.2. The second kappa shape index (κ2) is 11.5. The first-order valence-electron chi connectivity index (χ1n) is 16.5. The minimum atomic E-state index is 0.512. The first-order chi connectivity index (χ1) is 21.0. The molecule has 2 aliphatic rings. The van der Waals surface area contributed by atoms with Crippen LogP contribution in [0.2, 0.25) is 0 Å². The average Bonchev–Trinajstić information content (AvgIpc) is 3.59. The summed E-state index contributed by atoms with van der Waals surface area (Å²) in [5, 5.41) is 3.21. The van der Waals surface area contributed by atoms with E-state index in [0.717, 1.165) is 15.9 Å². The molecule has 1 unspecified atom stereocenters. The topological polar surface area (TPSA) is 0 Å². The Morgan fingerprint density at radius 1 is 0.568 bits per heavy atom. The van der Waals surface area contributed by atoms with Crippen molar-refractivity contribution in [3.05, 3.63) is 125 Å². The van der Waals surface area contributed by atoms with Gasteiger partial charge in [0.1, 0.15) is 9.52 Å². The third kappa shape index (κ3) is 4.71. The number of hydrogen-bond donors (Lipinski definition) is 0. The Balaban J connectivity index is 1.43. The van der Waals surface area contributed by atoms with Crippen LogP contribution >= 0.6 is 0 Å². The maximum absolute atomic E-state index is 2.60. The molecule has 2 radical (unpaired) electrons. The molecule has 0 bridgehead atoms. The fourth-order valence-corrected chi connectivity index (χ4v) is 9.63. The number of rotatable bonds is 6. The quantitative estimate of drug-likeness (QED) is 0.195. The molecule has 0 aromatic heterocycles. The zero-order chi connectivity index (χ0) is 31.6. The molecule has 6 rings (SSSR count). The fourth-order valence-electron chi connectivity index (χ4n) is 8.07. The van der Waals surface area contributed by atoms with Crippen molar-refractivity contribution in [1.82, 2.24) is 0 Å². The summed E-state index contributed by atoms with van der Waals surface area (Å²) >= 11 is 0. The Labute approximate surface area is 269 Å². The van der Waals surface area contributed by atoms with Crippen LogP contribution in [-0.4, -0.2) is 9.52 Å². The molecule has 44 heavy (non-hydrogen) atoms. The Kier molecular flexibility index (Phi) is 7.99. The number of fused-ring (bicyclic) bond motifs is 2. The van der Waals surface area contributed by atoms with Crippen LogP contribution in [0.3, 0.4) is 0 Å². The predicted molar refractivity (Wildman–Crippen MR) is 194 cm³/mol. The molecule has 0 fully saturated rings. The van der Waals surface area contributed by atoms with Crippen molar-refractivity contribution in [1.29, 1.82) is 0 Å². The van der Waals surface area contributed by atoms with Crippen molar-refractivity contribution in [2.24, 2.45) is 0 Å². The third-order valence-electron chi connectivity index (χ3n) is 11.5. The highest BCUT2D eigenvalue weighted by Crippen LogP contribution is 2.47. The summed E-state index contributed by atoms with van der Waals surface area (Å²) in [5.74, 6) is 0.512. The summed E-state index contributed by atoms with van der Waals surface area (Å²) in [6.07, 6.45) is 8.63. The van der Waals surface area contributed by atoms with Gasteiger partial charge in [-0.2, -0.15) is 0 Å². The first kappa shape index (κ1) is 30.6. The van der Waals surface area contributed by atoms with Gasteiger partial charge in [0, 0.05) is 5.92 Å². The molecule has 2 aliphatic carbocycles. The minimum absolute atomic E-state index is 0.512. The van der Waals surface area contributed by atoms with Crippen LogP contribution in [0, 0.1) is 69.2 Å². The highest BCUT2D eigenvalue weighted by molar-refractivity contribution is 6.57. The minimum Gasteiger partial charge on any atom is -0.0748 e. The van der Waals surface area contributed by atoms with Crippen molar-refractivity contribution in [3.8, 4) is 22.3 Å². The lowest BCUT2D eigenvalue weighted by molar-refractivity contribution is 0.716. The molecule has 0 N–H and O–H groups in total. The van der Waals surface area contributed by atoms with E-state index in [0.29, 0.717) is 5.92 Å². The Morgan fingerprint density at radius 2 is 1.05 bits per heavy atom. The summed E-state index contributed by atoms with van der Waals surface area (Å²) in [6, 6.07) is 14.1. The van der Waals surface area contributed by atoms with E-state index in [1.165, 1.54) is 113 Å². The van der Waals surface area contributed by atoms with Crippen molar-refractivity contribution in [2.45, 2.75) is 101 Å². The molecule has 0 spiro atoms.